The molecule has 25 heavy (non-hydrogen) atoms. The molecule has 1 aromatic heterocycles. The molecular formula is C16H12ClN3O4S. The number of hydrogen-bond donors (Lipinski definition) is 1. The van der Waals surface area contributed by atoms with Crippen LogP contribution in [-0.2, 0) is 4.79 Å². The SMILES string of the molecule is C[C@H](Sc1nc2ccc(Cl)cc2o1)C(=O)Nc1ccccc1[N+](=O)[O-]. The smallest absolute Gasteiger partial charge is 0.292 e. The molecule has 0 saturated heterocycles. The van der Waals surface area contributed by atoms with Crippen molar-refractivity contribution in [3.63, 3.8) is 0 Å². The first-order valence-electron chi connectivity index (χ1n) is 7.21. The van der Waals surface area contributed by atoms with Gasteiger partial charge in [-0.2, -0.15) is 0 Å². The molecule has 0 saturated carbocycles. The van der Waals surface area contributed by atoms with Crippen LogP contribution in [0, 0.1) is 10.1 Å². The van der Waals surface area contributed by atoms with Gasteiger partial charge in [0, 0.05) is 17.2 Å². The number of benzene rings is 2. The number of oxazole rings is 1. The first-order chi connectivity index (χ1) is 11.9. The van der Waals surface area contributed by atoms with Gasteiger partial charge in [-0.15, -0.1) is 0 Å². The van der Waals surface area contributed by atoms with Crippen molar-refractivity contribution in [3.8, 4) is 0 Å². The molecule has 9 heteroatoms. The fourth-order valence-electron chi connectivity index (χ4n) is 2.11. The quantitative estimate of drug-likeness (QED) is 0.399. The van der Waals surface area contributed by atoms with Gasteiger partial charge in [0.05, 0.1) is 10.2 Å². The number of carbonyl (C=O) groups excluding carboxylic acids is 1. The Morgan fingerprint density at radius 3 is 2.88 bits per heavy atom. The Hall–Kier alpha value is -2.58. The van der Waals surface area contributed by atoms with Crippen LogP contribution in [0.4, 0.5) is 11.4 Å². The van der Waals surface area contributed by atoms with Crippen LogP contribution in [-0.4, -0.2) is 21.1 Å². The van der Waals surface area contributed by atoms with Crippen molar-refractivity contribution < 1.29 is 14.1 Å². The van der Waals surface area contributed by atoms with Gasteiger partial charge < -0.3 is 9.73 Å². The Labute approximate surface area is 151 Å². The molecule has 0 fully saturated rings. The summed E-state index contributed by atoms with van der Waals surface area (Å²) < 4.78 is 5.56. The van der Waals surface area contributed by atoms with Crippen LogP contribution in [0.15, 0.2) is 52.1 Å². The predicted octanol–water partition coefficient (Wildman–Crippen LogP) is 4.51. The molecule has 128 valence electrons. The number of thioether (sulfide) groups is 1. The summed E-state index contributed by atoms with van der Waals surface area (Å²) in [6.45, 7) is 1.66. The first-order valence-corrected chi connectivity index (χ1v) is 8.47. The normalized spacial score (nSPS) is 12.1. The summed E-state index contributed by atoms with van der Waals surface area (Å²) in [5, 5.41) is 13.9. The van der Waals surface area contributed by atoms with E-state index in [1.54, 1.807) is 31.2 Å². The lowest BCUT2D eigenvalue weighted by Gasteiger charge is -2.10. The van der Waals surface area contributed by atoms with Gasteiger partial charge in [-0.05, 0) is 25.1 Å². The molecule has 0 aliphatic heterocycles. The highest BCUT2D eigenvalue weighted by molar-refractivity contribution is 8.00. The maximum Gasteiger partial charge on any atom is 0.292 e. The number of carbonyl (C=O) groups is 1. The van der Waals surface area contributed by atoms with Crippen molar-refractivity contribution in [1.29, 1.82) is 0 Å². The second kappa shape index (κ2) is 7.12. The average molecular weight is 378 g/mol. The monoisotopic (exact) mass is 377 g/mol. The Morgan fingerprint density at radius 2 is 2.12 bits per heavy atom. The zero-order chi connectivity index (χ0) is 18.0. The molecule has 0 spiro atoms. The summed E-state index contributed by atoms with van der Waals surface area (Å²) in [6.07, 6.45) is 0. The summed E-state index contributed by atoms with van der Waals surface area (Å²) >= 11 is 7.02. The largest absolute Gasteiger partial charge is 0.431 e. The maximum atomic E-state index is 12.3. The average Bonchev–Trinajstić information content (AvgIpc) is 2.96. The van der Waals surface area contributed by atoms with Gasteiger partial charge in [-0.3, -0.25) is 14.9 Å². The van der Waals surface area contributed by atoms with Gasteiger partial charge in [-0.1, -0.05) is 35.5 Å². The van der Waals surface area contributed by atoms with Crippen molar-refractivity contribution in [1.82, 2.24) is 4.98 Å². The summed E-state index contributed by atoms with van der Waals surface area (Å²) in [5.41, 5.74) is 1.15. The van der Waals surface area contributed by atoms with E-state index in [-0.39, 0.29) is 17.3 Å². The first kappa shape index (κ1) is 17.2. The molecule has 3 rings (SSSR count). The van der Waals surface area contributed by atoms with Crippen LogP contribution < -0.4 is 5.32 Å². The number of amides is 1. The van der Waals surface area contributed by atoms with Crippen LogP contribution in [0.3, 0.4) is 0 Å². The Bertz CT molecular complexity index is 959. The van der Waals surface area contributed by atoms with Crippen molar-refractivity contribution in [3.05, 3.63) is 57.6 Å². The van der Waals surface area contributed by atoms with Crippen molar-refractivity contribution >= 4 is 51.7 Å². The van der Waals surface area contributed by atoms with E-state index in [1.165, 1.54) is 18.2 Å². The number of hydrogen-bond acceptors (Lipinski definition) is 6. The molecule has 3 aromatic rings. The number of anilines is 1. The third-order valence-electron chi connectivity index (χ3n) is 3.34. The van der Waals surface area contributed by atoms with Crippen LogP contribution in [0.5, 0.6) is 0 Å². The number of nitrogens with one attached hydrogen (secondary N) is 1. The highest BCUT2D eigenvalue weighted by atomic mass is 35.5. The Balaban J connectivity index is 1.73. The van der Waals surface area contributed by atoms with E-state index in [1.807, 2.05) is 0 Å². The number of nitrogens with zero attached hydrogens (tertiary/aromatic N) is 2. The van der Waals surface area contributed by atoms with Crippen molar-refractivity contribution in [2.45, 2.75) is 17.4 Å². The van der Waals surface area contributed by atoms with Gasteiger partial charge in [0.1, 0.15) is 11.2 Å². The molecule has 1 atom stereocenters. The topological polar surface area (TPSA) is 98.3 Å². The van der Waals surface area contributed by atoms with E-state index in [0.29, 0.717) is 21.3 Å². The lowest BCUT2D eigenvalue weighted by Crippen LogP contribution is -2.22. The minimum absolute atomic E-state index is 0.147. The van der Waals surface area contributed by atoms with Gasteiger partial charge in [0.25, 0.3) is 10.9 Å². The number of halogens is 1. The van der Waals surface area contributed by atoms with Crippen LogP contribution in [0.25, 0.3) is 11.1 Å². The van der Waals surface area contributed by atoms with E-state index in [0.717, 1.165) is 11.8 Å². The van der Waals surface area contributed by atoms with E-state index in [9.17, 15) is 14.9 Å². The van der Waals surface area contributed by atoms with Crippen LogP contribution >= 0.6 is 23.4 Å². The minimum Gasteiger partial charge on any atom is -0.431 e. The van der Waals surface area contributed by atoms with Crippen LogP contribution in [0.2, 0.25) is 5.02 Å². The van der Waals surface area contributed by atoms with Crippen LogP contribution in [0.1, 0.15) is 6.92 Å². The lowest BCUT2D eigenvalue weighted by atomic mass is 10.2. The molecule has 1 amide bonds. The van der Waals surface area contributed by atoms with Gasteiger partial charge in [0.15, 0.2) is 5.58 Å². The molecule has 0 bridgehead atoms. The van der Waals surface area contributed by atoms with E-state index in [2.05, 4.69) is 10.3 Å². The minimum atomic E-state index is -0.566. The molecule has 0 unspecified atom stereocenters. The van der Waals surface area contributed by atoms with Gasteiger partial charge in [-0.25, -0.2) is 4.98 Å². The zero-order valence-electron chi connectivity index (χ0n) is 12.9. The van der Waals surface area contributed by atoms with Crippen molar-refractivity contribution in [2.24, 2.45) is 0 Å². The van der Waals surface area contributed by atoms with E-state index in [4.69, 9.17) is 16.0 Å². The molecule has 7 nitrogen and oxygen atoms in total. The second-order valence-electron chi connectivity index (χ2n) is 5.12. The fourth-order valence-corrected chi connectivity index (χ4v) is 3.02. The van der Waals surface area contributed by atoms with Gasteiger partial charge >= 0.3 is 0 Å². The molecule has 0 aliphatic rings. The maximum absolute atomic E-state index is 12.3. The number of aromatic nitrogens is 1. The summed E-state index contributed by atoms with van der Waals surface area (Å²) in [5.74, 6) is -0.389. The number of nitro groups is 1. The second-order valence-corrected chi connectivity index (χ2v) is 6.84. The lowest BCUT2D eigenvalue weighted by molar-refractivity contribution is -0.383. The third kappa shape index (κ3) is 3.92. The zero-order valence-corrected chi connectivity index (χ0v) is 14.5. The molecule has 1 N–H and O–H groups in total. The number of nitro benzene ring substituents is 1. The third-order valence-corrected chi connectivity index (χ3v) is 4.52. The van der Waals surface area contributed by atoms with Gasteiger partial charge in [0.2, 0.25) is 5.91 Å². The standard InChI is InChI=1S/C16H12ClN3O4S/c1-9(15(21)18-11-4-2-3-5-13(11)20(22)23)25-16-19-12-7-6-10(17)8-14(12)24-16/h2-9H,1H3,(H,18,21)/t9-/m0/s1. The molecule has 0 aliphatic carbocycles. The molecule has 2 aromatic carbocycles. The molecular weight excluding hydrogens is 366 g/mol. The summed E-state index contributed by atoms with van der Waals surface area (Å²) in [7, 11) is 0. The predicted molar refractivity (Wildman–Crippen MR) is 96.1 cm³/mol. The number of para-hydroxylation sites is 2. The summed E-state index contributed by atoms with van der Waals surface area (Å²) in [6, 6.07) is 11.0. The van der Waals surface area contributed by atoms with E-state index >= 15 is 0 Å². The summed E-state index contributed by atoms with van der Waals surface area (Å²) in [4.78, 5) is 27.1. The Kier molecular flexibility index (Phi) is 4.91. The highest BCUT2D eigenvalue weighted by Crippen LogP contribution is 2.30. The molecule has 1 heterocycles. The fraction of sp³-hybridized carbons (Fsp3) is 0.125. The number of fused-ring (bicyclic) bond motifs is 1. The highest BCUT2D eigenvalue weighted by Gasteiger charge is 2.21. The van der Waals surface area contributed by atoms with E-state index < -0.39 is 10.2 Å². The Morgan fingerprint density at radius 1 is 1.36 bits per heavy atom. The van der Waals surface area contributed by atoms with Crippen molar-refractivity contribution in [2.75, 3.05) is 5.32 Å². The number of rotatable bonds is 5. The molecule has 0 radical (unpaired) electrons.